The topological polar surface area (TPSA) is 84.8 Å². The summed E-state index contributed by atoms with van der Waals surface area (Å²) < 4.78 is 10.6. The van der Waals surface area contributed by atoms with Gasteiger partial charge in [0.15, 0.2) is 0 Å². The van der Waals surface area contributed by atoms with Crippen molar-refractivity contribution in [1.29, 1.82) is 0 Å². The molecule has 0 radical (unpaired) electrons. The van der Waals surface area contributed by atoms with Crippen LogP contribution in [0.5, 0.6) is 0 Å². The Labute approximate surface area is 195 Å². The van der Waals surface area contributed by atoms with Gasteiger partial charge in [0.05, 0.1) is 30.8 Å². The van der Waals surface area contributed by atoms with Crippen LogP contribution >= 0.6 is 0 Å². The Kier molecular flexibility index (Phi) is 9.35. The van der Waals surface area contributed by atoms with Crippen molar-refractivity contribution in [2.45, 2.75) is 26.3 Å². The van der Waals surface area contributed by atoms with Crippen molar-refractivity contribution in [2.75, 3.05) is 37.9 Å². The summed E-state index contributed by atoms with van der Waals surface area (Å²) in [7, 11) is 0. The third-order valence-electron chi connectivity index (χ3n) is 5.06. The van der Waals surface area contributed by atoms with Crippen LogP contribution in [0.2, 0.25) is 0 Å². The van der Waals surface area contributed by atoms with E-state index in [1.54, 1.807) is 0 Å². The minimum atomic E-state index is -0.975. The van der Waals surface area contributed by atoms with E-state index in [9.17, 15) is 4.79 Å². The molecule has 0 amide bonds. The van der Waals surface area contributed by atoms with Gasteiger partial charge >= 0.3 is 5.97 Å². The van der Waals surface area contributed by atoms with Gasteiger partial charge in [0.1, 0.15) is 12.4 Å². The van der Waals surface area contributed by atoms with Crippen molar-refractivity contribution in [3.63, 3.8) is 0 Å². The highest BCUT2D eigenvalue weighted by Gasteiger charge is 2.17. The van der Waals surface area contributed by atoms with Crippen molar-refractivity contribution in [2.24, 2.45) is 0 Å². The summed E-state index contributed by atoms with van der Waals surface area (Å²) >= 11 is 0. The number of hydrogen-bond acceptors (Lipinski definition) is 6. The van der Waals surface area contributed by atoms with Crippen molar-refractivity contribution in [1.82, 2.24) is 9.97 Å². The summed E-state index contributed by atoms with van der Waals surface area (Å²) in [5.41, 5.74) is 3.78. The van der Waals surface area contributed by atoms with Crippen LogP contribution in [-0.2, 0) is 14.3 Å². The lowest BCUT2D eigenvalue weighted by Crippen LogP contribution is -2.33. The molecule has 0 aliphatic heterocycles. The molecule has 1 aromatic heterocycles. The lowest BCUT2D eigenvalue weighted by Gasteiger charge is -2.28. The highest BCUT2D eigenvalue weighted by Crippen LogP contribution is 2.30. The average molecular weight is 450 g/mol. The number of aliphatic carboxylic acids is 1. The zero-order chi connectivity index (χ0) is 23.5. The molecular weight excluding hydrogens is 418 g/mol. The summed E-state index contributed by atoms with van der Waals surface area (Å²) in [6, 6.07) is 20.5. The molecule has 3 aromatic rings. The number of carboxylic acid groups (broad SMARTS) is 1. The molecule has 0 fully saturated rings. The van der Waals surface area contributed by atoms with Crippen molar-refractivity contribution >= 4 is 11.8 Å². The highest BCUT2D eigenvalue weighted by atomic mass is 16.5. The minimum Gasteiger partial charge on any atom is -0.480 e. The van der Waals surface area contributed by atoms with E-state index >= 15 is 0 Å². The smallest absolute Gasteiger partial charge is 0.329 e. The van der Waals surface area contributed by atoms with Crippen LogP contribution in [0, 0.1) is 0 Å². The monoisotopic (exact) mass is 449 g/mol. The normalized spacial score (nSPS) is 11.0. The van der Waals surface area contributed by atoms with Gasteiger partial charge in [-0.05, 0) is 20.3 Å². The fourth-order valence-electron chi connectivity index (χ4n) is 3.48. The molecule has 7 heteroatoms. The number of anilines is 1. The Morgan fingerprint density at radius 2 is 1.52 bits per heavy atom. The lowest BCUT2D eigenvalue weighted by atomic mass is 10.0. The molecule has 33 heavy (non-hydrogen) atoms. The molecule has 0 unspecified atom stereocenters. The number of carbonyl (C=O) groups is 1. The molecule has 0 aliphatic carbocycles. The molecule has 3 rings (SSSR count). The Balaban J connectivity index is 1.71. The van der Waals surface area contributed by atoms with E-state index in [2.05, 4.69) is 30.9 Å². The quantitative estimate of drug-likeness (QED) is 0.384. The van der Waals surface area contributed by atoms with Crippen LogP contribution in [0.4, 0.5) is 5.82 Å². The maximum Gasteiger partial charge on any atom is 0.329 e. The number of nitrogens with zero attached hydrogens (tertiary/aromatic N) is 3. The SMILES string of the molecule is CC(C)N(CCCOCCOCC(=O)O)c1cnc(-c2ccccc2)c(-c2ccccc2)n1. The fourth-order valence-corrected chi connectivity index (χ4v) is 3.48. The number of carboxylic acids is 1. The predicted molar refractivity (Wildman–Crippen MR) is 129 cm³/mol. The van der Waals surface area contributed by atoms with Crippen molar-refractivity contribution < 1.29 is 19.4 Å². The van der Waals surface area contributed by atoms with Crippen LogP contribution in [0.15, 0.2) is 66.9 Å². The fraction of sp³-hybridized carbons (Fsp3) is 0.346. The zero-order valence-corrected chi connectivity index (χ0v) is 19.2. The van der Waals surface area contributed by atoms with Crippen LogP contribution in [0.1, 0.15) is 20.3 Å². The first-order chi connectivity index (χ1) is 16.1. The molecule has 174 valence electrons. The molecule has 7 nitrogen and oxygen atoms in total. The third kappa shape index (κ3) is 7.37. The van der Waals surface area contributed by atoms with E-state index < -0.39 is 5.97 Å². The number of benzene rings is 2. The highest BCUT2D eigenvalue weighted by molar-refractivity contribution is 5.78. The number of hydrogen-bond donors (Lipinski definition) is 1. The van der Waals surface area contributed by atoms with E-state index in [0.29, 0.717) is 13.2 Å². The van der Waals surface area contributed by atoms with Gasteiger partial charge < -0.3 is 19.5 Å². The van der Waals surface area contributed by atoms with Gasteiger partial charge in [-0.1, -0.05) is 60.7 Å². The summed E-state index contributed by atoms with van der Waals surface area (Å²) in [6.07, 6.45) is 2.65. The zero-order valence-electron chi connectivity index (χ0n) is 19.2. The number of rotatable bonds is 13. The molecule has 0 saturated heterocycles. The largest absolute Gasteiger partial charge is 0.480 e. The maximum absolute atomic E-state index is 10.4. The van der Waals surface area contributed by atoms with E-state index in [4.69, 9.17) is 24.5 Å². The second kappa shape index (κ2) is 12.7. The summed E-state index contributed by atoms with van der Waals surface area (Å²) in [4.78, 5) is 22.5. The van der Waals surface area contributed by atoms with E-state index in [0.717, 1.165) is 41.3 Å². The van der Waals surface area contributed by atoms with Gasteiger partial charge in [0.2, 0.25) is 0 Å². The van der Waals surface area contributed by atoms with Gasteiger partial charge in [-0.3, -0.25) is 4.98 Å². The molecule has 0 saturated carbocycles. The van der Waals surface area contributed by atoms with Crippen LogP contribution < -0.4 is 4.90 Å². The third-order valence-corrected chi connectivity index (χ3v) is 5.06. The van der Waals surface area contributed by atoms with Crippen molar-refractivity contribution in [3.8, 4) is 22.5 Å². The Hall–Kier alpha value is -3.29. The summed E-state index contributed by atoms with van der Waals surface area (Å²) in [5.74, 6) is -0.148. The first kappa shape index (κ1) is 24.4. The van der Waals surface area contributed by atoms with Gasteiger partial charge in [-0.15, -0.1) is 0 Å². The molecule has 2 aromatic carbocycles. The molecule has 0 bridgehead atoms. The first-order valence-electron chi connectivity index (χ1n) is 11.2. The van der Waals surface area contributed by atoms with E-state index in [1.165, 1.54) is 0 Å². The second-order valence-electron chi connectivity index (χ2n) is 7.86. The maximum atomic E-state index is 10.4. The summed E-state index contributed by atoms with van der Waals surface area (Å²) in [5, 5.41) is 8.57. The Morgan fingerprint density at radius 3 is 2.12 bits per heavy atom. The number of aromatic nitrogens is 2. The van der Waals surface area contributed by atoms with Gasteiger partial charge in [-0.25, -0.2) is 9.78 Å². The van der Waals surface area contributed by atoms with Crippen molar-refractivity contribution in [3.05, 3.63) is 66.9 Å². The lowest BCUT2D eigenvalue weighted by molar-refractivity contribution is -0.142. The Bertz CT molecular complexity index is 997. The second-order valence-corrected chi connectivity index (χ2v) is 7.86. The minimum absolute atomic E-state index is 0.240. The van der Waals surface area contributed by atoms with Gasteiger partial charge in [-0.2, -0.15) is 0 Å². The Morgan fingerprint density at radius 1 is 0.909 bits per heavy atom. The van der Waals surface area contributed by atoms with Crippen LogP contribution in [-0.4, -0.2) is 60.1 Å². The predicted octanol–water partition coefficient (Wildman–Crippen LogP) is 4.53. The van der Waals surface area contributed by atoms with Gasteiger partial charge in [0, 0.05) is 30.3 Å². The molecule has 1 heterocycles. The standard InChI is InChI=1S/C26H31N3O4/c1-20(2)29(14-9-15-32-16-17-33-19-24(30)31)23-18-27-25(21-10-5-3-6-11-21)26(28-23)22-12-7-4-8-13-22/h3-8,10-13,18,20H,9,14-17,19H2,1-2H3,(H,30,31). The van der Waals surface area contributed by atoms with E-state index in [1.807, 2.05) is 54.7 Å². The molecule has 0 aliphatic rings. The van der Waals surface area contributed by atoms with Crippen LogP contribution in [0.3, 0.4) is 0 Å². The molecular formula is C26H31N3O4. The summed E-state index contributed by atoms with van der Waals surface area (Å²) in [6.45, 7) is 5.94. The molecule has 0 atom stereocenters. The van der Waals surface area contributed by atoms with Gasteiger partial charge in [0.25, 0.3) is 0 Å². The van der Waals surface area contributed by atoms with Crippen LogP contribution in [0.25, 0.3) is 22.5 Å². The molecule has 1 N–H and O–H groups in total. The van der Waals surface area contributed by atoms with E-state index in [-0.39, 0.29) is 19.3 Å². The molecule has 0 spiro atoms. The first-order valence-corrected chi connectivity index (χ1v) is 11.2. The number of ether oxygens (including phenoxy) is 2. The average Bonchev–Trinajstić information content (AvgIpc) is 2.83.